The fourth-order valence-corrected chi connectivity index (χ4v) is 3.88. The first-order chi connectivity index (χ1) is 12.2. The van der Waals surface area contributed by atoms with Crippen LogP contribution in [0.5, 0.6) is 0 Å². The van der Waals surface area contributed by atoms with Gasteiger partial charge in [-0.25, -0.2) is 0 Å². The Balaban J connectivity index is 1.44. The minimum absolute atomic E-state index is 0.0165. The normalized spacial score (nSPS) is 16.8. The van der Waals surface area contributed by atoms with E-state index in [4.69, 9.17) is 11.6 Å². The van der Waals surface area contributed by atoms with E-state index >= 15 is 0 Å². The molecule has 1 amide bonds. The van der Waals surface area contributed by atoms with Crippen molar-refractivity contribution in [3.8, 4) is 0 Å². The number of amides is 1. The number of carbonyl (C=O) groups is 1. The number of rotatable bonds is 7. The Kier molecular flexibility index (Phi) is 6.79. The zero-order valence-corrected chi connectivity index (χ0v) is 15.7. The van der Waals surface area contributed by atoms with Crippen molar-refractivity contribution in [3.63, 3.8) is 0 Å². The van der Waals surface area contributed by atoms with Crippen molar-refractivity contribution in [2.24, 2.45) is 5.92 Å². The Hall–Kier alpha value is -1.49. The SMILES string of the molecule is O=C(NCCC1CCNC1)c1ccc(CSc2ccc(Cl)cc2)cc1. The summed E-state index contributed by atoms with van der Waals surface area (Å²) < 4.78 is 0. The molecule has 0 saturated carbocycles. The number of nitrogens with one attached hydrogen (secondary N) is 2. The van der Waals surface area contributed by atoms with Crippen LogP contribution in [0.2, 0.25) is 5.02 Å². The van der Waals surface area contributed by atoms with Gasteiger partial charge in [0.05, 0.1) is 0 Å². The van der Waals surface area contributed by atoms with Crippen molar-refractivity contribution in [2.45, 2.75) is 23.5 Å². The molecule has 1 atom stereocenters. The van der Waals surface area contributed by atoms with E-state index in [0.717, 1.165) is 42.4 Å². The zero-order valence-electron chi connectivity index (χ0n) is 14.1. The van der Waals surface area contributed by atoms with Gasteiger partial charge in [-0.2, -0.15) is 0 Å². The molecule has 1 heterocycles. The maximum absolute atomic E-state index is 12.2. The van der Waals surface area contributed by atoms with E-state index in [1.165, 1.54) is 16.9 Å². The third-order valence-corrected chi connectivity index (χ3v) is 5.77. The molecule has 0 aromatic heterocycles. The van der Waals surface area contributed by atoms with Crippen LogP contribution in [-0.4, -0.2) is 25.5 Å². The largest absolute Gasteiger partial charge is 0.352 e. The second-order valence-electron chi connectivity index (χ2n) is 6.34. The molecule has 2 aromatic carbocycles. The lowest BCUT2D eigenvalue weighted by molar-refractivity contribution is 0.0951. The number of benzene rings is 2. The number of hydrogen-bond donors (Lipinski definition) is 2. The Labute approximate surface area is 158 Å². The van der Waals surface area contributed by atoms with Crippen LogP contribution in [0.15, 0.2) is 53.4 Å². The topological polar surface area (TPSA) is 41.1 Å². The van der Waals surface area contributed by atoms with Crippen LogP contribution in [0.3, 0.4) is 0 Å². The molecule has 0 radical (unpaired) electrons. The van der Waals surface area contributed by atoms with Gasteiger partial charge in [0.15, 0.2) is 0 Å². The number of thioether (sulfide) groups is 1. The fraction of sp³-hybridized carbons (Fsp3) is 0.350. The summed E-state index contributed by atoms with van der Waals surface area (Å²) in [5, 5.41) is 7.13. The maximum atomic E-state index is 12.2. The molecule has 5 heteroatoms. The summed E-state index contributed by atoms with van der Waals surface area (Å²) in [6.45, 7) is 2.93. The van der Waals surface area contributed by atoms with E-state index in [0.29, 0.717) is 5.92 Å². The van der Waals surface area contributed by atoms with E-state index < -0.39 is 0 Å². The summed E-state index contributed by atoms with van der Waals surface area (Å²) in [5.41, 5.74) is 1.93. The third kappa shape index (κ3) is 5.77. The lowest BCUT2D eigenvalue weighted by Crippen LogP contribution is -2.26. The van der Waals surface area contributed by atoms with Gasteiger partial charge in [0.1, 0.15) is 0 Å². The standard InChI is InChI=1S/C20H23ClN2OS/c21-18-5-7-19(8-6-18)25-14-16-1-3-17(4-2-16)20(24)23-12-10-15-9-11-22-13-15/h1-8,15,22H,9-14H2,(H,23,24). The van der Waals surface area contributed by atoms with Gasteiger partial charge < -0.3 is 10.6 Å². The van der Waals surface area contributed by atoms with E-state index in [2.05, 4.69) is 10.6 Å². The van der Waals surface area contributed by atoms with Gasteiger partial charge in [0, 0.05) is 27.8 Å². The van der Waals surface area contributed by atoms with E-state index in [-0.39, 0.29) is 5.91 Å². The summed E-state index contributed by atoms with van der Waals surface area (Å²) >= 11 is 7.66. The van der Waals surface area contributed by atoms with Gasteiger partial charge in [-0.3, -0.25) is 4.79 Å². The highest BCUT2D eigenvalue weighted by molar-refractivity contribution is 7.98. The molecule has 2 N–H and O–H groups in total. The summed E-state index contributed by atoms with van der Waals surface area (Å²) in [6.07, 6.45) is 2.27. The molecule has 0 bridgehead atoms. The average Bonchev–Trinajstić information content (AvgIpc) is 3.15. The molecule has 3 nitrogen and oxygen atoms in total. The zero-order chi connectivity index (χ0) is 17.5. The molecule has 1 saturated heterocycles. The van der Waals surface area contributed by atoms with Crippen molar-refractivity contribution in [1.82, 2.24) is 10.6 Å². The van der Waals surface area contributed by atoms with Crippen molar-refractivity contribution in [1.29, 1.82) is 0 Å². The molecule has 2 aromatic rings. The van der Waals surface area contributed by atoms with Gasteiger partial charge in [-0.15, -0.1) is 11.8 Å². The fourth-order valence-electron chi connectivity index (χ4n) is 2.90. The van der Waals surface area contributed by atoms with Crippen molar-refractivity contribution in [2.75, 3.05) is 19.6 Å². The molecule has 25 heavy (non-hydrogen) atoms. The molecule has 1 fully saturated rings. The predicted molar refractivity (Wildman–Crippen MR) is 105 cm³/mol. The molecule has 3 rings (SSSR count). The third-order valence-electron chi connectivity index (χ3n) is 4.44. The highest BCUT2D eigenvalue weighted by Gasteiger charge is 2.14. The molecule has 1 aliphatic rings. The second kappa shape index (κ2) is 9.27. The first kappa shape index (κ1) is 18.3. The van der Waals surface area contributed by atoms with Crippen LogP contribution < -0.4 is 10.6 Å². The summed E-state index contributed by atoms with van der Waals surface area (Å²) in [5.74, 6) is 1.59. The lowest BCUT2D eigenvalue weighted by atomic mass is 10.1. The minimum atomic E-state index is 0.0165. The van der Waals surface area contributed by atoms with Crippen molar-refractivity contribution in [3.05, 3.63) is 64.7 Å². The maximum Gasteiger partial charge on any atom is 0.251 e. The van der Waals surface area contributed by atoms with Gasteiger partial charge in [0.2, 0.25) is 0 Å². The highest BCUT2D eigenvalue weighted by atomic mass is 35.5. The Morgan fingerprint density at radius 3 is 2.60 bits per heavy atom. The Morgan fingerprint density at radius 1 is 1.16 bits per heavy atom. The smallest absolute Gasteiger partial charge is 0.251 e. The van der Waals surface area contributed by atoms with Crippen molar-refractivity contribution < 1.29 is 4.79 Å². The van der Waals surface area contributed by atoms with Gasteiger partial charge in [-0.1, -0.05) is 23.7 Å². The van der Waals surface area contributed by atoms with Crippen LogP contribution in [0.4, 0.5) is 0 Å². The van der Waals surface area contributed by atoms with Crippen LogP contribution in [0, 0.1) is 5.92 Å². The van der Waals surface area contributed by atoms with Crippen LogP contribution in [-0.2, 0) is 5.75 Å². The lowest BCUT2D eigenvalue weighted by Gasteiger charge is -2.10. The van der Waals surface area contributed by atoms with Crippen molar-refractivity contribution >= 4 is 29.3 Å². The van der Waals surface area contributed by atoms with Crippen LogP contribution in [0.25, 0.3) is 0 Å². The minimum Gasteiger partial charge on any atom is -0.352 e. The quantitative estimate of drug-likeness (QED) is 0.707. The molecule has 0 spiro atoms. The number of halogens is 1. The number of hydrogen-bond acceptors (Lipinski definition) is 3. The second-order valence-corrected chi connectivity index (χ2v) is 7.83. The first-order valence-electron chi connectivity index (χ1n) is 8.67. The summed E-state index contributed by atoms with van der Waals surface area (Å²) in [7, 11) is 0. The molecule has 0 aliphatic carbocycles. The Morgan fingerprint density at radius 2 is 1.92 bits per heavy atom. The molecular formula is C20H23ClN2OS. The van der Waals surface area contributed by atoms with Gasteiger partial charge in [0.25, 0.3) is 5.91 Å². The molecule has 1 unspecified atom stereocenters. The highest BCUT2D eigenvalue weighted by Crippen LogP contribution is 2.24. The van der Waals surface area contributed by atoms with E-state index in [9.17, 15) is 4.79 Å². The molecule has 1 aliphatic heterocycles. The number of carbonyl (C=O) groups excluding carboxylic acids is 1. The Bertz CT molecular complexity index is 682. The van der Waals surface area contributed by atoms with Crippen LogP contribution in [0.1, 0.15) is 28.8 Å². The van der Waals surface area contributed by atoms with E-state index in [1.54, 1.807) is 11.8 Å². The molecule has 132 valence electrons. The van der Waals surface area contributed by atoms with Gasteiger partial charge in [-0.05, 0) is 73.8 Å². The van der Waals surface area contributed by atoms with Crippen LogP contribution >= 0.6 is 23.4 Å². The summed E-state index contributed by atoms with van der Waals surface area (Å²) in [6, 6.07) is 15.7. The first-order valence-corrected chi connectivity index (χ1v) is 10.0. The average molecular weight is 375 g/mol. The monoisotopic (exact) mass is 374 g/mol. The summed E-state index contributed by atoms with van der Waals surface area (Å²) in [4.78, 5) is 13.4. The predicted octanol–water partition coefficient (Wildman–Crippen LogP) is 4.36. The van der Waals surface area contributed by atoms with E-state index in [1.807, 2.05) is 48.5 Å². The van der Waals surface area contributed by atoms with Gasteiger partial charge >= 0.3 is 0 Å². The molecular weight excluding hydrogens is 352 g/mol.